The second-order valence-corrected chi connectivity index (χ2v) is 8.40. The number of carbonyl (C=O) groups is 2. The fraction of sp³-hybridized carbons (Fsp3) is 0.200. The van der Waals surface area contributed by atoms with Crippen molar-refractivity contribution in [1.82, 2.24) is 5.32 Å². The summed E-state index contributed by atoms with van der Waals surface area (Å²) >= 11 is 1.19. The molecule has 0 heterocycles. The van der Waals surface area contributed by atoms with Gasteiger partial charge in [0.05, 0.1) is 30.0 Å². The first kappa shape index (κ1) is 25.2. The number of ether oxygens (including phenoxy) is 1. The molecule has 3 aromatic carbocycles. The van der Waals surface area contributed by atoms with E-state index < -0.39 is 23.7 Å². The van der Waals surface area contributed by atoms with Crippen molar-refractivity contribution in [1.29, 1.82) is 0 Å². The molecular formula is C25H23F3N2O3S. The molecule has 2 amide bonds. The van der Waals surface area contributed by atoms with Gasteiger partial charge in [0, 0.05) is 16.6 Å². The first-order chi connectivity index (χ1) is 16.2. The van der Waals surface area contributed by atoms with Crippen LogP contribution in [0.4, 0.5) is 18.9 Å². The quantitative estimate of drug-likeness (QED) is 0.386. The summed E-state index contributed by atoms with van der Waals surface area (Å²) < 4.78 is 44.2. The predicted octanol–water partition coefficient (Wildman–Crippen LogP) is 5.94. The fourth-order valence-corrected chi connectivity index (χ4v) is 4.01. The molecule has 178 valence electrons. The van der Waals surface area contributed by atoms with Gasteiger partial charge in [0.2, 0.25) is 5.91 Å². The predicted molar refractivity (Wildman–Crippen MR) is 126 cm³/mol. The maximum atomic E-state index is 13.0. The lowest BCUT2D eigenvalue weighted by Gasteiger charge is -2.17. The molecule has 34 heavy (non-hydrogen) atoms. The Balaban J connectivity index is 1.65. The fourth-order valence-electron chi connectivity index (χ4n) is 3.16. The smallest absolute Gasteiger partial charge is 0.416 e. The maximum Gasteiger partial charge on any atom is 0.416 e. The molecule has 2 N–H and O–H groups in total. The highest BCUT2D eigenvalue weighted by Gasteiger charge is 2.30. The number of alkyl halides is 3. The van der Waals surface area contributed by atoms with E-state index in [2.05, 4.69) is 10.6 Å². The van der Waals surface area contributed by atoms with Gasteiger partial charge in [-0.15, -0.1) is 11.8 Å². The minimum Gasteiger partial charge on any atom is -0.497 e. The molecule has 1 unspecified atom stereocenters. The van der Waals surface area contributed by atoms with Gasteiger partial charge in [0.25, 0.3) is 5.91 Å². The number of hydrogen-bond acceptors (Lipinski definition) is 4. The lowest BCUT2D eigenvalue weighted by Crippen LogP contribution is -2.27. The van der Waals surface area contributed by atoms with Crippen molar-refractivity contribution in [3.63, 3.8) is 0 Å². The molecule has 0 fully saturated rings. The van der Waals surface area contributed by atoms with Crippen LogP contribution in [-0.2, 0) is 11.0 Å². The van der Waals surface area contributed by atoms with E-state index in [1.54, 1.807) is 55.5 Å². The van der Waals surface area contributed by atoms with Crippen LogP contribution < -0.4 is 15.4 Å². The zero-order valence-corrected chi connectivity index (χ0v) is 19.3. The van der Waals surface area contributed by atoms with Crippen LogP contribution in [0.3, 0.4) is 0 Å². The van der Waals surface area contributed by atoms with Crippen LogP contribution in [0.25, 0.3) is 0 Å². The average Bonchev–Trinajstić information content (AvgIpc) is 2.82. The highest BCUT2D eigenvalue weighted by molar-refractivity contribution is 8.00. The molecule has 0 radical (unpaired) electrons. The molecule has 0 aromatic heterocycles. The van der Waals surface area contributed by atoms with Gasteiger partial charge in [-0.25, -0.2) is 0 Å². The number of halogens is 3. The summed E-state index contributed by atoms with van der Waals surface area (Å²) in [5.74, 6) is -0.0283. The van der Waals surface area contributed by atoms with E-state index in [9.17, 15) is 22.8 Å². The van der Waals surface area contributed by atoms with E-state index >= 15 is 0 Å². The number of nitrogens with one attached hydrogen (secondary N) is 2. The number of hydrogen-bond donors (Lipinski definition) is 2. The molecule has 9 heteroatoms. The van der Waals surface area contributed by atoms with Crippen LogP contribution in [0.5, 0.6) is 5.75 Å². The number of anilines is 1. The summed E-state index contributed by atoms with van der Waals surface area (Å²) in [7, 11) is 1.53. The van der Waals surface area contributed by atoms with E-state index in [1.165, 1.54) is 31.0 Å². The first-order valence-corrected chi connectivity index (χ1v) is 11.3. The average molecular weight is 489 g/mol. The largest absolute Gasteiger partial charge is 0.497 e. The molecule has 5 nitrogen and oxygen atoms in total. The number of amides is 2. The summed E-state index contributed by atoms with van der Waals surface area (Å²) in [6.45, 7) is 1.62. The Hall–Kier alpha value is -3.46. The van der Waals surface area contributed by atoms with E-state index in [-0.39, 0.29) is 11.7 Å². The standard InChI is InChI=1S/C25H23F3N2O3S/c1-16(17-7-5-8-18(13-17)25(26,27)28)29-24(32)21-11-3-4-12-22(21)34-15-23(31)30-19-9-6-10-20(14-19)33-2/h3-14,16H,15H2,1-2H3,(H,29,32)(H,30,31). The number of carbonyl (C=O) groups excluding carboxylic acids is 2. The number of thioether (sulfide) groups is 1. The number of benzene rings is 3. The molecule has 0 bridgehead atoms. The third kappa shape index (κ3) is 6.77. The van der Waals surface area contributed by atoms with Crippen molar-refractivity contribution in [3.05, 3.63) is 89.5 Å². The number of rotatable bonds is 8. The van der Waals surface area contributed by atoms with Crippen LogP contribution in [0.2, 0.25) is 0 Å². The Morgan fingerprint density at radius 3 is 2.47 bits per heavy atom. The van der Waals surface area contributed by atoms with Gasteiger partial charge in [-0.05, 0) is 48.9 Å². The Bertz CT molecular complexity index is 1170. The second kappa shape index (κ2) is 11.1. The van der Waals surface area contributed by atoms with E-state index in [4.69, 9.17) is 4.74 Å². The minimum atomic E-state index is -4.46. The molecule has 0 aliphatic rings. The topological polar surface area (TPSA) is 67.4 Å². The van der Waals surface area contributed by atoms with Crippen molar-refractivity contribution >= 4 is 29.3 Å². The van der Waals surface area contributed by atoms with Gasteiger partial charge < -0.3 is 15.4 Å². The van der Waals surface area contributed by atoms with Gasteiger partial charge in [-0.1, -0.05) is 30.3 Å². The normalized spacial score (nSPS) is 12.0. The summed E-state index contributed by atoms with van der Waals surface area (Å²) in [6.07, 6.45) is -4.46. The van der Waals surface area contributed by atoms with Crippen molar-refractivity contribution < 1.29 is 27.5 Å². The van der Waals surface area contributed by atoms with Gasteiger partial charge in [-0.2, -0.15) is 13.2 Å². The number of methoxy groups -OCH3 is 1. The first-order valence-electron chi connectivity index (χ1n) is 10.3. The molecule has 0 saturated heterocycles. The molecule has 3 aromatic rings. The van der Waals surface area contributed by atoms with E-state index in [0.29, 0.717) is 27.5 Å². The summed E-state index contributed by atoms with van der Waals surface area (Å²) in [5.41, 5.74) is 0.487. The Labute approximate surface area is 199 Å². The monoisotopic (exact) mass is 488 g/mol. The Morgan fingerprint density at radius 1 is 1.00 bits per heavy atom. The minimum absolute atomic E-state index is 0.0602. The molecule has 0 spiro atoms. The molecule has 0 saturated carbocycles. The molecule has 1 atom stereocenters. The van der Waals surface area contributed by atoms with Crippen LogP contribution in [-0.4, -0.2) is 24.7 Å². The third-order valence-corrected chi connectivity index (χ3v) is 5.98. The lowest BCUT2D eigenvalue weighted by atomic mass is 10.0. The van der Waals surface area contributed by atoms with Crippen molar-refractivity contribution in [3.8, 4) is 5.75 Å². The Morgan fingerprint density at radius 2 is 1.74 bits per heavy atom. The summed E-state index contributed by atoms with van der Waals surface area (Å²) in [4.78, 5) is 25.8. The Kier molecular flexibility index (Phi) is 8.22. The summed E-state index contributed by atoms with van der Waals surface area (Å²) in [5, 5.41) is 5.51. The molecule has 0 aliphatic carbocycles. The zero-order valence-electron chi connectivity index (χ0n) is 18.5. The van der Waals surface area contributed by atoms with Gasteiger partial charge >= 0.3 is 6.18 Å². The summed E-state index contributed by atoms with van der Waals surface area (Å²) in [6, 6.07) is 17.9. The van der Waals surface area contributed by atoms with Crippen LogP contribution in [0.1, 0.15) is 34.5 Å². The molecule has 3 rings (SSSR count). The van der Waals surface area contributed by atoms with E-state index in [0.717, 1.165) is 12.1 Å². The van der Waals surface area contributed by atoms with Crippen LogP contribution >= 0.6 is 11.8 Å². The van der Waals surface area contributed by atoms with Crippen LogP contribution in [0.15, 0.2) is 77.7 Å². The van der Waals surface area contributed by atoms with Crippen molar-refractivity contribution in [2.75, 3.05) is 18.2 Å². The van der Waals surface area contributed by atoms with Gasteiger partial charge in [0.1, 0.15) is 5.75 Å². The zero-order chi connectivity index (χ0) is 24.7. The van der Waals surface area contributed by atoms with Gasteiger partial charge in [0.15, 0.2) is 0 Å². The highest BCUT2D eigenvalue weighted by atomic mass is 32.2. The van der Waals surface area contributed by atoms with Crippen molar-refractivity contribution in [2.45, 2.75) is 24.0 Å². The van der Waals surface area contributed by atoms with Crippen molar-refractivity contribution in [2.24, 2.45) is 0 Å². The SMILES string of the molecule is COc1cccc(NC(=O)CSc2ccccc2C(=O)NC(C)c2cccc(C(F)(F)F)c2)c1. The second-order valence-electron chi connectivity index (χ2n) is 7.38. The molecular weight excluding hydrogens is 465 g/mol. The molecule has 0 aliphatic heterocycles. The van der Waals surface area contributed by atoms with Gasteiger partial charge in [-0.3, -0.25) is 9.59 Å². The third-order valence-electron chi connectivity index (χ3n) is 4.91. The maximum absolute atomic E-state index is 13.0. The lowest BCUT2D eigenvalue weighted by molar-refractivity contribution is -0.137. The highest BCUT2D eigenvalue weighted by Crippen LogP contribution is 2.31. The van der Waals surface area contributed by atoms with E-state index in [1.807, 2.05) is 0 Å². The van der Waals surface area contributed by atoms with Crippen LogP contribution in [0, 0.1) is 0 Å².